The van der Waals surface area contributed by atoms with E-state index in [0.29, 0.717) is 18.4 Å². The number of nitrogens with zero attached hydrogens (tertiary/aromatic N) is 6. The number of halogens is 3. The van der Waals surface area contributed by atoms with Crippen molar-refractivity contribution in [3.8, 4) is 28.3 Å². The molecule has 0 amide bonds. The van der Waals surface area contributed by atoms with Gasteiger partial charge >= 0.3 is 6.18 Å². The zero-order chi connectivity index (χ0) is 24.0. The highest BCUT2D eigenvalue weighted by Crippen LogP contribution is 2.42. The number of alkyl halides is 3. The Hall–Kier alpha value is -3.21. The van der Waals surface area contributed by atoms with E-state index in [1.54, 1.807) is 35.0 Å². The van der Waals surface area contributed by atoms with Crippen molar-refractivity contribution >= 4 is 5.82 Å². The van der Waals surface area contributed by atoms with Crippen LogP contribution in [0.25, 0.3) is 22.5 Å². The topological polar surface area (TPSA) is 92.0 Å². The number of aromatic nitrogens is 5. The lowest BCUT2D eigenvalue weighted by Gasteiger charge is -2.49. The first kappa shape index (κ1) is 22.6. The minimum absolute atomic E-state index is 0.0208. The molecule has 11 heteroatoms. The highest BCUT2D eigenvalue weighted by atomic mass is 19.4. The Morgan fingerprint density at radius 2 is 1.97 bits per heavy atom. The summed E-state index contributed by atoms with van der Waals surface area (Å²) in [5, 5.41) is 26.1. The summed E-state index contributed by atoms with van der Waals surface area (Å²) < 4.78 is 43.6. The fourth-order valence-corrected chi connectivity index (χ4v) is 5.27. The second-order valence-electron chi connectivity index (χ2n) is 9.16. The van der Waals surface area contributed by atoms with E-state index in [2.05, 4.69) is 25.6 Å². The first-order valence-electron chi connectivity index (χ1n) is 11.3. The van der Waals surface area contributed by atoms with Gasteiger partial charge in [-0.2, -0.15) is 18.3 Å². The lowest BCUT2D eigenvalue weighted by atomic mass is 9.75. The van der Waals surface area contributed by atoms with Crippen molar-refractivity contribution in [1.82, 2.24) is 30.3 Å². The Morgan fingerprint density at radius 3 is 2.62 bits per heavy atom. The number of hydrogen-bond donors (Lipinski definition) is 2. The summed E-state index contributed by atoms with van der Waals surface area (Å²) in [6.45, 7) is 0. The Morgan fingerprint density at radius 1 is 1.15 bits per heavy atom. The normalized spacial score (nSPS) is 24.7. The van der Waals surface area contributed by atoms with E-state index in [-0.39, 0.29) is 23.4 Å². The van der Waals surface area contributed by atoms with Gasteiger partial charge in [0.15, 0.2) is 11.6 Å². The van der Waals surface area contributed by atoms with Gasteiger partial charge in [0.05, 0.1) is 23.9 Å². The molecular formula is C23H26F3N7O. The van der Waals surface area contributed by atoms with Crippen LogP contribution in [0.4, 0.5) is 19.0 Å². The molecule has 1 aromatic carbocycles. The van der Waals surface area contributed by atoms with Crippen LogP contribution in [-0.4, -0.2) is 61.4 Å². The van der Waals surface area contributed by atoms with E-state index in [4.69, 9.17) is 0 Å². The number of aromatic hydroxyl groups is 1. The molecule has 2 aromatic heterocycles. The summed E-state index contributed by atoms with van der Waals surface area (Å²) in [5.74, 6) is -1.04. The first-order valence-corrected chi connectivity index (χ1v) is 11.3. The largest absolute Gasteiger partial charge is 0.507 e. The summed E-state index contributed by atoms with van der Waals surface area (Å²) in [6, 6.07) is 3.83. The average Bonchev–Trinajstić information content (AvgIpc) is 3.24. The van der Waals surface area contributed by atoms with Gasteiger partial charge < -0.3 is 15.3 Å². The molecule has 8 nitrogen and oxygen atoms in total. The molecule has 3 aromatic rings. The fraction of sp³-hybridized carbons (Fsp3) is 0.478. The molecule has 4 heterocycles. The van der Waals surface area contributed by atoms with Gasteiger partial charge in [0, 0.05) is 44.0 Å². The zero-order valence-corrected chi connectivity index (χ0v) is 18.9. The number of aryl methyl sites for hydroxylation is 1. The summed E-state index contributed by atoms with van der Waals surface area (Å²) >= 11 is 0. The van der Waals surface area contributed by atoms with Gasteiger partial charge in [-0.1, -0.05) is 12.5 Å². The summed E-state index contributed by atoms with van der Waals surface area (Å²) in [7, 11) is 3.43. The van der Waals surface area contributed by atoms with Crippen molar-refractivity contribution in [3.05, 3.63) is 36.8 Å². The quantitative estimate of drug-likeness (QED) is 0.599. The van der Waals surface area contributed by atoms with Crippen LogP contribution >= 0.6 is 0 Å². The molecule has 5 rings (SSSR count). The summed E-state index contributed by atoms with van der Waals surface area (Å²) in [4.78, 5) is 5.86. The number of rotatable bonds is 4. The number of nitrogens with one attached hydrogen (secondary N) is 1. The highest BCUT2D eigenvalue weighted by molar-refractivity contribution is 5.72. The van der Waals surface area contributed by atoms with Crippen LogP contribution in [-0.2, 0) is 7.05 Å². The molecule has 2 aliphatic heterocycles. The number of fused-ring (bicyclic) bond motifs is 2. The lowest BCUT2D eigenvalue weighted by Crippen LogP contribution is -2.64. The van der Waals surface area contributed by atoms with Gasteiger partial charge in [0.1, 0.15) is 5.75 Å². The van der Waals surface area contributed by atoms with Crippen molar-refractivity contribution in [2.75, 3.05) is 11.9 Å². The fourth-order valence-electron chi connectivity index (χ4n) is 5.27. The Bertz CT molecular complexity index is 1160. The molecule has 0 spiro atoms. The Balaban J connectivity index is 1.38. The number of phenolic OH excluding ortho intramolecular Hbond substituents is 1. The molecule has 34 heavy (non-hydrogen) atoms. The minimum Gasteiger partial charge on any atom is -0.507 e. The summed E-state index contributed by atoms with van der Waals surface area (Å²) in [5.41, 5.74) is 2.03. The molecule has 2 aliphatic rings. The number of benzene rings is 1. The first-order chi connectivity index (χ1) is 16.2. The van der Waals surface area contributed by atoms with Gasteiger partial charge in [-0.25, -0.2) is 4.98 Å². The lowest BCUT2D eigenvalue weighted by molar-refractivity contribution is -0.198. The number of piperidine rings is 2. The second-order valence-corrected chi connectivity index (χ2v) is 9.16. The van der Waals surface area contributed by atoms with E-state index in [0.717, 1.165) is 24.0 Å². The van der Waals surface area contributed by atoms with Crippen LogP contribution in [0, 0.1) is 5.92 Å². The van der Waals surface area contributed by atoms with E-state index in [1.807, 2.05) is 19.3 Å². The van der Waals surface area contributed by atoms with E-state index < -0.39 is 24.2 Å². The van der Waals surface area contributed by atoms with Gasteiger partial charge in [-0.15, -0.1) is 10.2 Å². The van der Waals surface area contributed by atoms with Crippen LogP contribution in [0.2, 0.25) is 0 Å². The average molecular weight is 474 g/mol. The third-order valence-corrected chi connectivity index (χ3v) is 6.95. The van der Waals surface area contributed by atoms with Crippen LogP contribution < -0.4 is 10.2 Å². The van der Waals surface area contributed by atoms with Crippen molar-refractivity contribution in [2.24, 2.45) is 13.0 Å². The van der Waals surface area contributed by atoms with Crippen LogP contribution in [0.5, 0.6) is 5.75 Å². The summed E-state index contributed by atoms with van der Waals surface area (Å²) in [6.07, 6.45) is 3.22. The number of anilines is 1. The van der Waals surface area contributed by atoms with Crippen LogP contribution in [0.3, 0.4) is 0 Å². The minimum atomic E-state index is -4.32. The maximum absolute atomic E-state index is 14.0. The SMILES string of the molecule is CN(c1cnc(-c2ccc(-c3cnn(C)c3)cc2O)nn1)[C@H]1C[C@@H]2CCC[C@@H](N2)[C@H]1C(F)(F)F. The molecule has 2 saturated heterocycles. The Kier molecular flexibility index (Phi) is 5.67. The predicted octanol–water partition coefficient (Wildman–Crippen LogP) is 3.54. The third kappa shape index (κ3) is 4.20. The smallest absolute Gasteiger partial charge is 0.395 e. The molecule has 2 bridgehead atoms. The molecule has 180 valence electrons. The monoisotopic (exact) mass is 473 g/mol. The van der Waals surface area contributed by atoms with E-state index >= 15 is 0 Å². The van der Waals surface area contributed by atoms with Gasteiger partial charge in [-0.3, -0.25) is 4.68 Å². The van der Waals surface area contributed by atoms with E-state index in [9.17, 15) is 18.3 Å². The predicted molar refractivity (Wildman–Crippen MR) is 120 cm³/mol. The van der Waals surface area contributed by atoms with Crippen LogP contribution in [0.15, 0.2) is 36.8 Å². The van der Waals surface area contributed by atoms with Gasteiger partial charge in [0.2, 0.25) is 0 Å². The van der Waals surface area contributed by atoms with Gasteiger partial charge in [-0.05, 0) is 37.0 Å². The molecule has 2 fully saturated rings. The van der Waals surface area contributed by atoms with Crippen LogP contribution in [0.1, 0.15) is 25.7 Å². The van der Waals surface area contributed by atoms with Crippen molar-refractivity contribution < 1.29 is 18.3 Å². The van der Waals surface area contributed by atoms with Gasteiger partial charge in [0.25, 0.3) is 0 Å². The van der Waals surface area contributed by atoms with E-state index in [1.165, 1.54) is 6.20 Å². The standard InChI is InChI=1S/C23H26F3N7O/c1-32-12-14(10-28-32)13-6-7-16(19(34)8-13)22-27-11-20(30-31-22)33(2)18-9-15-4-3-5-17(29-15)21(18)23(24,25)26/h6-8,10-12,15,17-18,21,29,34H,3-5,9H2,1-2H3/t15-,17+,18-,21+/m0/s1. The third-order valence-electron chi connectivity index (χ3n) is 6.95. The van der Waals surface area contributed by atoms with Crippen molar-refractivity contribution in [2.45, 2.75) is 50.0 Å². The maximum atomic E-state index is 14.0. The zero-order valence-electron chi connectivity index (χ0n) is 18.9. The maximum Gasteiger partial charge on any atom is 0.395 e. The molecule has 4 atom stereocenters. The molecule has 0 unspecified atom stereocenters. The molecule has 0 saturated carbocycles. The number of hydrogen-bond acceptors (Lipinski definition) is 7. The molecule has 2 N–H and O–H groups in total. The Labute approximate surface area is 194 Å². The second kappa shape index (κ2) is 8.53. The van der Waals surface area contributed by atoms with Crippen molar-refractivity contribution in [3.63, 3.8) is 0 Å². The molecule has 0 aliphatic carbocycles. The molecular weight excluding hydrogens is 447 g/mol. The molecule has 0 radical (unpaired) electrons. The number of phenols is 1. The van der Waals surface area contributed by atoms with Crippen molar-refractivity contribution in [1.29, 1.82) is 0 Å². The highest BCUT2D eigenvalue weighted by Gasteiger charge is 2.54.